The fourth-order valence-electron chi connectivity index (χ4n) is 3.92. The first-order valence-corrected chi connectivity index (χ1v) is 14.5. The van der Waals surface area contributed by atoms with E-state index in [1.807, 2.05) is 0 Å². The second-order valence-electron chi connectivity index (χ2n) is 8.72. The number of amides is 1. The van der Waals surface area contributed by atoms with Gasteiger partial charge >= 0.3 is 22.3 Å². The molecule has 0 unspecified atom stereocenters. The number of ether oxygens (including phenoxy) is 3. The summed E-state index contributed by atoms with van der Waals surface area (Å²) in [6.45, 7) is -0.882. The number of nitrogens with zero attached hydrogens (tertiary/aromatic N) is 3. The Balaban J connectivity index is 1.73. The van der Waals surface area contributed by atoms with Crippen LogP contribution < -0.4 is 10.2 Å². The minimum atomic E-state index is -4.62. The zero-order chi connectivity index (χ0) is 30.3. The zero-order valence-corrected chi connectivity index (χ0v) is 24.8. The molecule has 1 aromatic heterocycles. The van der Waals surface area contributed by atoms with Gasteiger partial charge in [-0.15, -0.1) is 0 Å². The number of rotatable bonds is 9. The molecular weight excluding hydrogens is 607 g/mol. The van der Waals surface area contributed by atoms with Gasteiger partial charge in [0.2, 0.25) is 0 Å². The summed E-state index contributed by atoms with van der Waals surface area (Å²) in [4.78, 5) is 28.8. The van der Waals surface area contributed by atoms with Gasteiger partial charge in [-0.1, -0.05) is 64.0 Å². The van der Waals surface area contributed by atoms with Gasteiger partial charge in [0.1, 0.15) is 12.4 Å². The van der Waals surface area contributed by atoms with Gasteiger partial charge < -0.3 is 19.6 Å². The van der Waals surface area contributed by atoms with Gasteiger partial charge in [0.05, 0.1) is 43.1 Å². The molecule has 0 spiro atoms. The second-order valence-corrected chi connectivity index (χ2v) is 11.3. The number of carbonyl (C=O) groups excluding carboxylic acids is 2. The number of hydrogen-bond donors (Lipinski definition) is 1. The molecule has 0 saturated carbocycles. The minimum Gasteiger partial charge on any atom is -0.497 e. The number of carbonyl (C=O) groups is 2. The topological polar surface area (TPSA) is 127 Å². The summed E-state index contributed by atoms with van der Waals surface area (Å²) in [5.41, 5.74) is 5.46. The summed E-state index contributed by atoms with van der Waals surface area (Å²) in [6.07, 6.45) is 5.43. The maximum atomic E-state index is 14.0. The number of aromatic nitrogens is 1. The Bertz CT molecular complexity index is 1610. The number of hydrogen-bond acceptors (Lipinski definition) is 9. The van der Waals surface area contributed by atoms with Crippen LogP contribution in [0.15, 0.2) is 73.1 Å². The predicted molar refractivity (Wildman–Crippen MR) is 157 cm³/mol. The molecule has 0 fully saturated rings. The molecule has 11 nitrogen and oxygen atoms in total. The standard InChI is InChI=1S/C28H26Cl2N4O7S/c1-39-21-10-11-22-20(13-21)17-34(32-26(22)14-23-24(29)15-31-16-25(23)30)42(37,38)33(12-6-9-27(35)40-2)28(36)41-18-19-7-4-3-5-8-19/h3-11,13-16,32H,12,17-18H2,1-2H3. The van der Waals surface area contributed by atoms with Gasteiger partial charge in [0.25, 0.3) is 0 Å². The van der Waals surface area contributed by atoms with E-state index in [2.05, 4.69) is 15.1 Å². The van der Waals surface area contributed by atoms with E-state index in [0.717, 1.165) is 10.5 Å². The number of hydrazine groups is 1. The Kier molecular flexibility index (Phi) is 10.1. The summed E-state index contributed by atoms with van der Waals surface area (Å²) < 4.78 is 44.6. The zero-order valence-electron chi connectivity index (χ0n) is 22.5. The lowest BCUT2D eigenvalue weighted by Gasteiger charge is -2.34. The van der Waals surface area contributed by atoms with Crippen LogP contribution in [0.5, 0.6) is 5.75 Å². The van der Waals surface area contributed by atoms with Gasteiger partial charge in [-0.3, -0.25) is 4.98 Å². The summed E-state index contributed by atoms with van der Waals surface area (Å²) in [5.74, 6) is -0.231. The smallest absolute Gasteiger partial charge is 0.425 e. The molecule has 2 heterocycles. The van der Waals surface area contributed by atoms with Gasteiger partial charge in [-0.2, -0.15) is 12.7 Å². The number of pyridine rings is 1. The molecule has 1 aliphatic heterocycles. The highest BCUT2D eigenvalue weighted by Gasteiger charge is 2.37. The normalized spacial score (nSPS) is 14.2. The van der Waals surface area contributed by atoms with Gasteiger partial charge in [0.15, 0.2) is 0 Å². The van der Waals surface area contributed by atoms with Crippen molar-refractivity contribution >= 4 is 57.2 Å². The van der Waals surface area contributed by atoms with E-state index in [9.17, 15) is 18.0 Å². The average Bonchev–Trinajstić information content (AvgIpc) is 2.99. The molecule has 2 aromatic carbocycles. The van der Waals surface area contributed by atoms with E-state index in [1.54, 1.807) is 54.6 Å². The number of nitrogens with one attached hydrogen (secondary N) is 1. The highest BCUT2D eigenvalue weighted by molar-refractivity contribution is 7.87. The van der Waals surface area contributed by atoms with Crippen LogP contribution in [0.2, 0.25) is 10.0 Å². The van der Waals surface area contributed by atoms with Crippen molar-refractivity contribution in [3.05, 3.63) is 105 Å². The van der Waals surface area contributed by atoms with Crippen molar-refractivity contribution in [1.82, 2.24) is 19.1 Å². The van der Waals surface area contributed by atoms with E-state index >= 15 is 0 Å². The van der Waals surface area contributed by atoms with Crippen LogP contribution >= 0.6 is 23.2 Å². The van der Waals surface area contributed by atoms with Crippen molar-refractivity contribution in [2.45, 2.75) is 13.2 Å². The minimum absolute atomic E-state index is 0.177. The lowest BCUT2D eigenvalue weighted by molar-refractivity contribution is -0.134. The first kappa shape index (κ1) is 30.8. The van der Waals surface area contributed by atoms with E-state index in [-0.39, 0.29) is 23.2 Å². The number of esters is 1. The predicted octanol–water partition coefficient (Wildman–Crippen LogP) is 4.83. The van der Waals surface area contributed by atoms with Crippen molar-refractivity contribution < 1.29 is 32.2 Å². The number of methoxy groups -OCH3 is 2. The van der Waals surface area contributed by atoms with Crippen LogP contribution in [0.1, 0.15) is 22.3 Å². The third-order valence-electron chi connectivity index (χ3n) is 6.03. The van der Waals surface area contributed by atoms with Gasteiger partial charge in [-0.05, 0) is 35.4 Å². The van der Waals surface area contributed by atoms with Crippen LogP contribution in [0.4, 0.5) is 4.79 Å². The Morgan fingerprint density at radius 3 is 2.48 bits per heavy atom. The number of benzene rings is 2. The van der Waals surface area contributed by atoms with Crippen molar-refractivity contribution in [2.24, 2.45) is 0 Å². The molecule has 1 N–H and O–H groups in total. The molecule has 0 radical (unpaired) electrons. The molecule has 42 heavy (non-hydrogen) atoms. The van der Waals surface area contributed by atoms with Crippen LogP contribution in [0.25, 0.3) is 11.8 Å². The van der Waals surface area contributed by atoms with E-state index in [4.69, 9.17) is 32.7 Å². The summed E-state index contributed by atoms with van der Waals surface area (Å²) in [6, 6.07) is 13.9. The molecule has 3 aromatic rings. The highest BCUT2D eigenvalue weighted by atomic mass is 35.5. The molecule has 0 bridgehead atoms. The van der Waals surface area contributed by atoms with Crippen LogP contribution in [-0.2, 0) is 37.6 Å². The summed E-state index contributed by atoms with van der Waals surface area (Å²) in [7, 11) is -1.96. The van der Waals surface area contributed by atoms with E-state index in [0.29, 0.717) is 38.0 Å². The molecule has 0 saturated heterocycles. The number of fused-ring (bicyclic) bond motifs is 1. The third kappa shape index (κ3) is 7.21. The van der Waals surface area contributed by atoms with Crippen molar-refractivity contribution in [1.29, 1.82) is 0 Å². The Hall–Kier alpha value is -4.10. The third-order valence-corrected chi connectivity index (χ3v) is 8.27. The molecule has 220 valence electrons. The van der Waals surface area contributed by atoms with Crippen molar-refractivity contribution in [3.8, 4) is 5.75 Å². The molecule has 1 aliphatic rings. The second kappa shape index (κ2) is 13.7. The summed E-state index contributed by atoms with van der Waals surface area (Å²) in [5, 5.41) is 0.483. The first-order chi connectivity index (χ1) is 20.1. The molecule has 4 rings (SSSR count). The maximum Gasteiger partial charge on any atom is 0.425 e. The number of halogens is 2. The maximum absolute atomic E-state index is 14.0. The lowest BCUT2D eigenvalue weighted by atomic mass is 10.0. The molecule has 0 aliphatic carbocycles. The van der Waals surface area contributed by atoms with Crippen molar-refractivity contribution in [2.75, 3.05) is 20.8 Å². The molecular formula is C28H26Cl2N4O7S. The SMILES string of the molecule is COC(=O)C=CCN(C(=O)OCc1ccccc1)S(=O)(=O)N1Cc2cc(OC)ccc2C(=Cc2c(Cl)cncc2Cl)N1. The Labute approximate surface area is 253 Å². The molecule has 14 heteroatoms. The monoisotopic (exact) mass is 632 g/mol. The highest BCUT2D eigenvalue weighted by Crippen LogP contribution is 2.33. The largest absolute Gasteiger partial charge is 0.497 e. The summed E-state index contributed by atoms with van der Waals surface area (Å²) >= 11 is 12.7. The van der Waals surface area contributed by atoms with Gasteiger partial charge in [0, 0.05) is 29.6 Å². The fourth-order valence-corrected chi connectivity index (χ4v) is 5.66. The average molecular weight is 634 g/mol. The van der Waals surface area contributed by atoms with Gasteiger partial charge in [-0.25, -0.2) is 9.59 Å². The first-order valence-electron chi connectivity index (χ1n) is 12.3. The quantitative estimate of drug-likeness (QED) is 0.261. The Morgan fingerprint density at radius 2 is 1.81 bits per heavy atom. The van der Waals surface area contributed by atoms with Crippen molar-refractivity contribution in [3.63, 3.8) is 0 Å². The van der Waals surface area contributed by atoms with Crippen LogP contribution in [-0.4, -0.2) is 54.9 Å². The van der Waals surface area contributed by atoms with Crippen LogP contribution in [0.3, 0.4) is 0 Å². The lowest BCUT2D eigenvalue weighted by Crippen LogP contribution is -2.53. The molecule has 0 atom stereocenters. The van der Waals surface area contributed by atoms with E-state index in [1.165, 1.54) is 32.7 Å². The van der Waals surface area contributed by atoms with Crippen LogP contribution in [0, 0.1) is 0 Å². The Morgan fingerprint density at radius 1 is 1.10 bits per heavy atom. The molecule has 1 amide bonds. The fraction of sp³-hybridized carbons (Fsp3) is 0.179. The van der Waals surface area contributed by atoms with E-state index < -0.39 is 28.8 Å².